The molecule has 0 bridgehead atoms. The first-order valence-corrected chi connectivity index (χ1v) is 8.49. The third-order valence-corrected chi connectivity index (χ3v) is 4.75. The van der Waals surface area contributed by atoms with E-state index in [0.717, 1.165) is 6.54 Å². The summed E-state index contributed by atoms with van der Waals surface area (Å²) in [4.78, 5) is 24.2. The average Bonchev–Trinajstić information content (AvgIpc) is 2.37. The van der Waals surface area contributed by atoms with Gasteiger partial charge in [-0.25, -0.2) is 4.79 Å². The molecule has 1 rings (SSSR count). The lowest BCUT2D eigenvalue weighted by atomic mass is 10.2. The van der Waals surface area contributed by atoms with Gasteiger partial charge in [-0.05, 0) is 13.8 Å². The van der Waals surface area contributed by atoms with Gasteiger partial charge in [0.2, 0.25) is 5.91 Å². The maximum Gasteiger partial charge on any atom is 0.327 e. The van der Waals surface area contributed by atoms with Crippen molar-refractivity contribution in [3.63, 3.8) is 0 Å². The van der Waals surface area contributed by atoms with E-state index >= 15 is 0 Å². The molecule has 1 aliphatic heterocycles. The molecular weight excluding hydrogens is 296 g/mol. The van der Waals surface area contributed by atoms with Gasteiger partial charge < -0.3 is 15.2 Å². The number of carboxylic acid groups (broad SMARTS) is 1. The largest absolute Gasteiger partial charge is 0.480 e. The molecule has 21 heavy (non-hydrogen) atoms. The van der Waals surface area contributed by atoms with Crippen LogP contribution in [-0.4, -0.2) is 75.5 Å². The Labute approximate surface area is 127 Å². The van der Waals surface area contributed by atoms with E-state index < -0.39 is 28.7 Å². The minimum absolute atomic E-state index is 0.101. The van der Waals surface area contributed by atoms with E-state index in [-0.39, 0.29) is 17.6 Å². The van der Waals surface area contributed by atoms with Crippen molar-refractivity contribution < 1.29 is 23.6 Å². The summed E-state index contributed by atoms with van der Waals surface area (Å²) < 4.78 is 17.7. The number of rotatable bonds is 7. The number of ether oxygens (including phenoxy) is 1. The maximum absolute atomic E-state index is 12.1. The molecule has 7 nitrogen and oxygen atoms in total. The van der Waals surface area contributed by atoms with Gasteiger partial charge in [0.1, 0.15) is 6.04 Å². The molecule has 1 heterocycles. The standard InChI is InChI=1S/C13H24N2O5S/c1-9(2)15-4-5-20-11(6-15)7-21(19)8-12(13(17)18)14-10(3)16/h9,11-12H,4-8H2,1-3H3,(H,14,16)(H,17,18). The van der Waals surface area contributed by atoms with E-state index in [1.54, 1.807) is 0 Å². The molecule has 8 heteroatoms. The van der Waals surface area contributed by atoms with Crippen molar-refractivity contribution in [1.29, 1.82) is 0 Å². The Morgan fingerprint density at radius 3 is 2.67 bits per heavy atom. The lowest BCUT2D eigenvalue weighted by Crippen LogP contribution is -2.49. The van der Waals surface area contributed by atoms with E-state index in [1.165, 1.54) is 6.92 Å². The van der Waals surface area contributed by atoms with Crippen LogP contribution < -0.4 is 5.32 Å². The number of aliphatic carboxylic acids is 1. The molecule has 1 aliphatic rings. The smallest absolute Gasteiger partial charge is 0.327 e. The number of hydrogen-bond donors (Lipinski definition) is 2. The molecule has 122 valence electrons. The molecule has 0 spiro atoms. The Bertz CT molecular complexity index is 402. The maximum atomic E-state index is 12.1. The van der Waals surface area contributed by atoms with Crippen molar-refractivity contribution in [2.24, 2.45) is 0 Å². The first-order chi connectivity index (χ1) is 9.79. The molecule has 0 aromatic carbocycles. The molecule has 2 N–H and O–H groups in total. The highest BCUT2D eigenvalue weighted by molar-refractivity contribution is 7.85. The highest BCUT2D eigenvalue weighted by Crippen LogP contribution is 2.10. The van der Waals surface area contributed by atoms with Crippen LogP contribution >= 0.6 is 0 Å². The minimum atomic E-state index is -1.36. The van der Waals surface area contributed by atoms with Crippen LogP contribution in [0.5, 0.6) is 0 Å². The predicted octanol–water partition coefficient (Wildman–Crippen LogP) is -0.566. The topological polar surface area (TPSA) is 95.9 Å². The summed E-state index contributed by atoms with van der Waals surface area (Å²) in [5, 5.41) is 11.3. The van der Waals surface area contributed by atoms with E-state index in [2.05, 4.69) is 24.1 Å². The van der Waals surface area contributed by atoms with Crippen molar-refractivity contribution in [3.8, 4) is 0 Å². The van der Waals surface area contributed by atoms with E-state index in [1.807, 2.05) is 0 Å². The number of carbonyl (C=O) groups excluding carboxylic acids is 1. The van der Waals surface area contributed by atoms with Crippen LogP contribution in [0.2, 0.25) is 0 Å². The fourth-order valence-corrected chi connectivity index (χ4v) is 3.54. The quantitative estimate of drug-likeness (QED) is 0.652. The number of amides is 1. The van der Waals surface area contributed by atoms with Crippen LogP contribution in [0.3, 0.4) is 0 Å². The van der Waals surface area contributed by atoms with Gasteiger partial charge in [-0.1, -0.05) is 0 Å². The van der Waals surface area contributed by atoms with E-state index in [0.29, 0.717) is 19.2 Å². The summed E-state index contributed by atoms with van der Waals surface area (Å²) >= 11 is 0. The van der Waals surface area contributed by atoms with Gasteiger partial charge in [-0.2, -0.15) is 0 Å². The van der Waals surface area contributed by atoms with Crippen molar-refractivity contribution in [2.75, 3.05) is 31.2 Å². The molecule has 0 aromatic rings. The Morgan fingerprint density at radius 1 is 1.48 bits per heavy atom. The summed E-state index contributed by atoms with van der Waals surface area (Å²) in [6.07, 6.45) is -0.159. The highest BCUT2D eigenvalue weighted by Gasteiger charge is 2.26. The molecule has 0 saturated carbocycles. The molecule has 0 aromatic heterocycles. The molecule has 1 fully saturated rings. The van der Waals surface area contributed by atoms with Crippen molar-refractivity contribution >= 4 is 22.7 Å². The van der Waals surface area contributed by atoms with Gasteiger partial charge in [-0.15, -0.1) is 0 Å². The molecule has 1 amide bonds. The lowest BCUT2D eigenvalue weighted by molar-refractivity contribution is -0.140. The van der Waals surface area contributed by atoms with E-state index in [4.69, 9.17) is 9.84 Å². The van der Waals surface area contributed by atoms with Gasteiger partial charge in [0, 0.05) is 36.9 Å². The number of carboxylic acids is 1. The molecule has 3 unspecified atom stereocenters. The fourth-order valence-electron chi connectivity index (χ4n) is 2.19. The van der Waals surface area contributed by atoms with Crippen LogP contribution in [0, 0.1) is 0 Å². The van der Waals surface area contributed by atoms with Gasteiger partial charge >= 0.3 is 5.97 Å². The van der Waals surface area contributed by atoms with Crippen LogP contribution in [0.15, 0.2) is 0 Å². The molecule has 3 atom stereocenters. The van der Waals surface area contributed by atoms with Crippen molar-refractivity contribution in [2.45, 2.75) is 39.0 Å². The monoisotopic (exact) mass is 320 g/mol. The van der Waals surface area contributed by atoms with Crippen LogP contribution in [0.25, 0.3) is 0 Å². The van der Waals surface area contributed by atoms with Crippen LogP contribution in [0.1, 0.15) is 20.8 Å². The Morgan fingerprint density at radius 2 is 2.14 bits per heavy atom. The summed E-state index contributed by atoms with van der Waals surface area (Å²) in [6, 6.07) is -0.718. The van der Waals surface area contributed by atoms with Crippen LogP contribution in [0.4, 0.5) is 0 Å². The number of nitrogens with zero attached hydrogens (tertiary/aromatic N) is 1. The second-order valence-electron chi connectivity index (χ2n) is 5.45. The lowest BCUT2D eigenvalue weighted by Gasteiger charge is -2.35. The SMILES string of the molecule is CC(=O)NC(CS(=O)CC1CN(C(C)C)CCO1)C(=O)O. The zero-order chi connectivity index (χ0) is 16.0. The Balaban J connectivity index is 2.48. The fraction of sp³-hybridized carbons (Fsp3) is 0.846. The highest BCUT2D eigenvalue weighted by atomic mass is 32.2. The zero-order valence-electron chi connectivity index (χ0n) is 12.7. The normalized spacial score (nSPS) is 22.8. The van der Waals surface area contributed by atoms with Gasteiger partial charge in [-0.3, -0.25) is 13.9 Å². The first-order valence-electron chi connectivity index (χ1n) is 7.00. The zero-order valence-corrected chi connectivity index (χ0v) is 13.5. The number of carbonyl (C=O) groups is 2. The third-order valence-electron chi connectivity index (χ3n) is 3.30. The first kappa shape index (κ1) is 18.1. The minimum Gasteiger partial charge on any atom is -0.480 e. The predicted molar refractivity (Wildman–Crippen MR) is 79.6 cm³/mol. The molecule has 1 saturated heterocycles. The number of morpholine rings is 1. The summed E-state index contributed by atoms with van der Waals surface area (Å²) in [5.74, 6) is -1.44. The van der Waals surface area contributed by atoms with Gasteiger partial charge in [0.15, 0.2) is 0 Å². The Kier molecular flexibility index (Phi) is 7.27. The number of nitrogens with one attached hydrogen (secondary N) is 1. The molecule has 0 radical (unpaired) electrons. The van der Waals surface area contributed by atoms with E-state index in [9.17, 15) is 13.8 Å². The number of hydrogen-bond acceptors (Lipinski definition) is 5. The summed E-state index contributed by atoms with van der Waals surface area (Å²) in [7, 11) is -1.36. The average molecular weight is 320 g/mol. The second kappa shape index (κ2) is 8.45. The molecule has 0 aliphatic carbocycles. The summed E-state index contributed by atoms with van der Waals surface area (Å²) in [6.45, 7) is 7.57. The summed E-state index contributed by atoms with van der Waals surface area (Å²) in [5.41, 5.74) is 0. The molecular formula is C13H24N2O5S. The van der Waals surface area contributed by atoms with Crippen molar-refractivity contribution in [3.05, 3.63) is 0 Å². The van der Waals surface area contributed by atoms with Crippen LogP contribution in [-0.2, 0) is 25.1 Å². The van der Waals surface area contributed by atoms with Gasteiger partial charge in [0.25, 0.3) is 0 Å². The second-order valence-corrected chi connectivity index (χ2v) is 6.99. The Hall–Kier alpha value is -0.990. The third kappa shape index (κ3) is 6.54. The van der Waals surface area contributed by atoms with Crippen molar-refractivity contribution in [1.82, 2.24) is 10.2 Å². The van der Waals surface area contributed by atoms with Gasteiger partial charge in [0.05, 0.1) is 24.2 Å².